The zero-order valence-corrected chi connectivity index (χ0v) is 18.2. The van der Waals surface area contributed by atoms with Crippen molar-refractivity contribution in [1.82, 2.24) is 9.58 Å². The minimum absolute atomic E-state index is 0.0619. The topological polar surface area (TPSA) is 83.0 Å². The second kappa shape index (κ2) is 7.95. The van der Waals surface area contributed by atoms with Crippen LogP contribution in [0.3, 0.4) is 0 Å². The normalized spacial score (nSPS) is 17.3. The van der Waals surface area contributed by atoms with Crippen molar-refractivity contribution in [3.63, 3.8) is 0 Å². The number of carbonyl (C=O) groups is 1. The average Bonchev–Trinajstić information content (AvgIpc) is 3.26. The highest BCUT2D eigenvalue weighted by atomic mass is 32.2. The fourth-order valence-corrected chi connectivity index (χ4v) is 4.34. The van der Waals surface area contributed by atoms with Gasteiger partial charge < -0.3 is 9.30 Å². The number of fused-ring (bicyclic) bond motifs is 1. The SMILES string of the molecule is CCOc1ccc(-n2c(C)cc(C=C3C(=N)N4N=C(CC)SC4=NC3=O)c2C)cc1. The van der Waals surface area contributed by atoms with Gasteiger partial charge >= 0.3 is 0 Å². The van der Waals surface area contributed by atoms with Gasteiger partial charge in [0, 0.05) is 17.1 Å². The third kappa shape index (κ3) is 3.47. The predicted octanol–water partition coefficient (Wildman–Crippen LogP) is 4.52. The Morgan fingerprint density at radius 3 is 2.60 bits per heavy atom. The zero-order chi connectivity index (χ0) is 21.4. The van der Waals surface area contributed by atoms with Gasteiger partial charge in [-0.3, -0.25) is 10.2 Å². The Morgan fingerprint density at radius 1 is 1.20 bits per heavy atom. The molecule has 0 bridgehead atoms. The Morgan fingerprint density at radius 2 is 1.93 bits per heavy atom. The van der Waals surface area contributed by atoms with Crippen LogP contribution >= 0.6 is 11.8 Å². The molecular weight excluding hydrogens is 398 g/mol. The van der Waals surface area contributed by atoms with E-state index in [-0.39, 0.29) is 11.4 Å². The molecule has 1 aromatic heterocycles. The number of rotatable bonds is 5. The summed E-state index contributed by atoms with van der Waals surface area (Å²) in [4.78, 5) is 16.7. The molecule has 0 unspecified atom stereocenters. The largest absolute Gasteiger partial charge is 0.494 e. The summed E-state index contributed by atoms with van der Waals surface area (Å²) in [5.74, 6) is 0.487. The van der Waals surface area contributed by atoms with Crippen LogP contribution in [0, 0.1) is 19.3 Å². The second-order valence-electron chi connectivity index (χ2n) is 6.96. The van der Waals surface area contributed by atoms with Crippen LogP contribution in [0.2, 0.25) is 0 Å². The highest BCUT2D eigenvalue weighted by Crippen LogP contribution is 2.30. The fourth-order valence-electron chi connectivity index (χ4n) is 3.52. The minimum atomic E-state index is -0.405. The number of thioether (sulfide) groups is 1. The monoisotopic (exact) mass is 421 g/mol. The van der Waals surface area contributed by atoms with E-state index in [0.717, 1.165) is 39.9 Å². The van der Waals surface area contributed by atoms with Crippen LogP contribution in [0.1, 0.15) is 37.2 Å². The molecule has 0 aliphatic carbocycles. The van der Waals surface area contributed by atoms with E-state index >= 15 is 0 Å². The van der Waals surface area contributed by atoms with Crippen molar-refractivity contribution in [3.8, 4) is 11.4 Å². The summed E-state index contributed by atoms with van der Waals surface area (Å²) in [5.41, 5.74) is 4.14. The molecule has 2 aliphatic heterocycles. The maximum atomic E-state index is 12.6. The van der Waals surface area contributed by atoms with Crippen molar-refractivity contribution in [2.75, 3.05) is 6.61 Å². The lowest BCUT2D eigenvalue weighted by atomic mass is 10.1. The number of hydrazone groups is 1. The smallest absolute Gasteiger partial charge is 0.283 e. The zero-order valence-electron chi connectivity index (χ0n) is 17.4. The van der Waals surface area contributed by atoms with Crippen molar-refractivity contribution in [2.24, 2.45) is 10.1 Å². The van der Waals surface area contributed by atoms with Crippen LogP contribution < -0.4 is 4.74 Å². The average molecular weight is 422 g/mol. The molecule has 0 saturated carbocycles. The van der Waals surface area contributed by atoms with Crippen molar-refractivity contribution < 1.29 is 9.53 Å². The standard InChI is InChI=1S/C22H23N5O2S/c1-5-19-25-27-20(23)18(21(28)24-22(27)30-19)12-15-11-13(3)26(14(15)4)16-7-9-17(10-8-16)29-6-2/h7-12,23H,5-6H2,1-4H3. The molecule has 0 spiro atoms. The molecule has 8 heteroatoms. The van der Waals surface area contributed by atoms with Gasteiger partial charge in [0.15, 0.2) is 5.84 Å². The summed E-state index contributed by atoms with van der Waals surface area (Å²) >= 11 is 1.34. The van der Waals surface area contributed by atoms with Gasteiger partial charge in [0.25, 0.3) is 5.91 Å². The van der Waals surface area contributed by atoms with Gasteiger partial charge in [-0.2, -0.15) is 15.1 Å². The molecule has 0 saturated heterocycles. The lowest BCUT2D eigenvalue weighted by Gasteiger charge is -2.20. The number of amides is 1. The van der Waals surface area contributed by atoms with Crippen LogP contribution in [-0.2, 0) is 4.79 Å². The molecule has 1 N–H and O–H groups in total. The molecule has 3 heterocycles. The Hall–Kier alpha value is -3.13. The van der Waals surface area contributed by atoms with Crippen LogP contribution in [0.5, 0.6) is 5.75 Å². The van der Waals surface area contributed by atoms with Crippen LogP contribution in [0.15, 0.2) is 46.0 Å². The van der Waals surface area contributed by atoms with Gasteiger partial charge in [0.05, 0.1) is 12.2 Å². The number of nitrogens with zero attached hydrogens (tertiary/aromatic N) is 4. The van der Waals surface area contributed by atoms with E-state index in [2.05, 4.69) is 14.7 Å². The van der Waals surface area contributed by atoms with Gasteiger partial charge in [0.2, 0.25) is 5.17 Å². The first-order valence-electron chi connectivity index (χ1n) is 9.84. The molecule has 1 aromatic carbocycles. The summed E-state index contributed by atoms with van der Waals surface area (Å²) in [6.07, 6.45) is 2.48. The number of aliphatic imine (C=N–C) groups is 1. The van der Waals surface area contributed by atoms with Crippen molar-refractivity contribution in [2.45, 2.75) is 34.1 Å². The van der Waals surface area contributed by atoms with Gasteiger partial charge in [-0.15, -0.1) is 0 Å². The number of nitrogens with one attached hydrogen (secondary N) is 1. The van der Waals surface area contributed by atoms with Gasteiger partial charge in [-0.1, -0.05) is 6.92 Å². The first-order chi connectivity index (χ1) is 14.4. The lowest BCUT2D eigenvalue weighted by molar-refractivity contribution is -0.114. The van der Waals surface area contributed by atoms with Crippen LogP contribution in [-0.4, -0.2) is 38.1 Å². The van der Waals surface area contributed by atoms with E-state index in [9.17, 15) is 4.79 Å². The van der Waals surface area contributed by atoms with Crippen LogP contribution in [0.4, 0.5) is 0 Å². The molecule has 2 aromatic rings. The predicted molar refractivity (Wildman–Crippen MR) is 122 cm³/mol. The third-order valence-electron chi connectivity index (χ3n) is 4.97. The number of aromatic nitrogens is 1. The van der Waals surface area contributed by atoms with E-state index in [1.54, 1.807) is 6.08 Å². The number of carbonyl (C=O) groups excluding carboxylic acids is 1. The number of aryl methyl sites for hydroxylation is 1. The molecule has 154 valence electrons. The number of hydrogen-bond acceptors (Lipinski definition) is 5. The molecule has 0 atom stereocenters. The lowest BCUT2D eigenvalue weighted by Crippen LogP contribution is -2.35. The Kier molecular flexibility index (Phi) is 5.34. The summed E-state index contributed by atoms with van der Waals surface area (Å²) in [6, 6.07) is 9.92. The molecule has 0 fully saturated rings. The molecule has 2 aliphatic rings. The summed E-state index contributed by atoms with van der Waals surface area (Å²) in [5, 5.41) is 15.6. The van der Waals surface area contributed by atoms with Gasteiger partial charge in [-0.25, -0.2) is 0 Å². The number of ether oxygens (including phenoxy) is 1. The maximum Gasteiger partial charge on any atom is 0.283 e. The van der Waals surface area contributed by atoms with Crippen molar-refractivity contribution in [1.29, 1.82) is 5.41 Å². The van der Waals surface area contributed by atoms with E-state index < -0.39 is 5.91 Å². The summed E-state index contributed by atoms with van der Waals surface area (Å²) < 4.78 is 7.65. The summed E-state index contributed by atoms with van der Waals surface area (Å²) in [6.45, 7) is 8.59. The quantitative estimate of drug-likeness (QED) is 0.720. The molecule has 4 rings (SSSR count). The highest BCUT2D eigenvalue weighted by molar-refractivity contribution is 8.26. The number of hydrogen-bond donors (Lipinski definition) is 1. The first-order valence-corrected chi connectivity index (χ1v) is 10.7. The molecule has 7 nitrogen and oxygen atoms in total. The van der Waals surface area contributed by atoms with Crippen molar-refractivity contribution in [3.05, 3.63) is 52.9 Å². The van der Waals surface area contributed by atoms with Crippen LogP contribution in [0.25, 0.3) is 11.8 Å². The van der Waals surface area contributed by atoms with E-state index in [1.165, 1.54) is 16.8 Å². The maximum absolute atomic E-state index is 12.6. The third-order valence-corrected chi connectivity index (χ3v) is 6.03. The number of amidine groups is 2. The Balaban J connectivity index is 1.70. The minimum Gasteiger partial charge on any atom is -0.494 e. The fraction of sp³-hybridized carbons (Fsp3) is 0.273. The van der Waals surface area contributed by atoms with E-state index in [1.807, 2.05) is 58.0 Å². The molecule has 30 heavy (non-hydrogen) atoms. The highest BCUT2D eigenvalue weighted by Gasteiger charge is 2.35. The summed E-state index contributed by atoms with van der Waals surface area (Å²) in [7, 11) is 0. The number of benzene rings is 1. The molecule has 1 amide bonds. The second-order valence-corrected chi connectivity index (χ2v) is 8.00. The first kappa shape index (κ1) is 20.2. The Bertz CT molecular complexity index is 1130. The van der Waals surface area contributed by atoms with Gasteiger partial charge in [-0.05, 0) is 80.9 Å². The van der Waals surface area contributed by atoms with E-state index in [0.29, 0.717) is 11.8 Å². The molecule has 0 radical (unpaired) electrons. The van der Waals surface area contributed by atoms with Crippen molar-refractivity contribution >= 4 is 39.8 Å². The molecular formula is C22H23N5O2S. The van der Waals surface area contributed by atoms with E-state index in [4.69, 9.17) is 10.1 Å². The van der Waals surface area contributed by atoms with Gasteiger partial charge in [0.1, 0.15) is 10.8 Å². The Labute approximate surface area is 179 Å².